The molecule has 0 saturated carbocycles. The van der Waals surface area contributed by atoms with E-state index in [2.05, 4.69) is 20.9 Å². The molecular formula is C21H22FN3. The van der Waals surface area contributed by atoms with Crippen LogP contribution in [0, 0.1) is 5.82 Å². The molecule has 5 rings (SSSR count). The first kappa shape index (κ1) is 15.1. The Labute approximate surface area is 146 Å². The minimum Gasteiger partial charge on any atom is -0.358 e. The maximum absolute atomic E-state index is 13.8. The molecule has 3 aromatic rings. The molecule has 1 fully saturated rings. The number of pyridine rings is 1. The lowest BCUT2D eigenvalue weighted by Crippen LogP contribution is -2.38. The van der Waals surface area contributed by atoms with Gasteiger partial charge in [0.2, 0.25) is 0 Å². The molecule has 2 aromatic heterocycles. The molecule has 2 aliphatic heterocycles. The highest BCUT2D eigenvalue weighted by molar-refractivity contribution is 5.85. The number of nitrogens with one attached hydrogen (secondary N) is 1. The minimum atomic E-state index is -0.141. The van der Waals surface area contributed by atoms with E-state index in [1.807, 2.05) is 24.5 Å². The monoisotopic (exact) mass is 335 g/mol. The van der Waals surface area contributed by atoms with E-state index in [1.165, 1.54) is 29.7 Å². The summed E-state index contributed by atoms with van der Waals surface area (Å²) >= 11 is 0. The van der Waals surface area contributed by atoms with Gasteiger partial charge in [0, 0.05) is 47.5 Å². The fraction of sp³-hybridized carbons (Fsp3) is 0.381. The molecule has 1 saturated heterocycles. The van der Waals surface area contributed by atoms with Crippen LogP contribution in [0.3, 0.4) is 0 Å². The Morgan fingerprint density at radius 1 is 1.24 bits per heavy atom. The summed E-state index contributed by atoms with van der Waals surface area (Å²) in [4.78, 5) is 10.4. The Kier molecular flexibility index (Phi) is 3.59. The Morgan fingerprint density at radius 2 is 2.20 bits per heavy atom. The average molecular weight is 335 g/mol. The zero-order chi connectivity index (χ0) is 16.8. The number of aromatic nitrogens is 2. The molecule has 2 bridgehead atoms. The number of hydrogen-bond acceptors (Lipinski definition) is 2. The van der Waals surface area contributed by atoms with Crippen molar-refractivity contribution < 1.29 is 4.39 Å². The number of aromatic amines is 1. The highest BCUT2D eigenvalue weighted by Crippen LogP contribution is 2.46. The maximum Gasteiger partial charge on any atom is 0.123 e. The summed E-state index contributed by atoms with van der Waals surface area (Å²) in [6.45, 7) is 1.10. The van der Waals surface area contributed by atoms with Crippen molar-refractivity contribution in [2.75, 3.05) is 6.54 Å². The van der Waals surface area contributed by atoms with E-state index >= 15 is 0 Å². The number of rotatable bonds is 4. The van der Waals surface area contributed by atoms with Crippen molar-refractivity contribution in [2.24, 2.45) is 0 Å². The van der Waals surface area contributed by atoms with Crippen molar-refractivity contribution in [1.82, 2.24) is 14.9 Å². The molecule has 0 spiro atoms. The van der Waals surface area contributed by atoms with Gasteiger partial charge in [-0.25, -0.2) is 4.39 Å². The van der Waals surface area contributed by atoms with Gasteiger partial charge in [0.25, 0.3) is 0 Å². The molecule has 2 atom stereocenters. The van der Waals surface area contributed by atoms with Crippen LogP contribution in [-0.4, -0.2) is 27.5 Å². The second-order valence-corrected chi connectivity index (χ2v) is 7.36. The molecule has 1 aromatic carbocycles. The first-order chi connectivity index (χ1) is 12.3. The standard InChI is InChI=1S/C21H22FN3/c22-15-5-7-18-17(11-15)21-19(24-18)12-16-6-8-20(21)25(16)10-2-4-14-3-1-9-23-13-14/h1,3,5,7,9,11,13,16,20,24H,2,4,6,8,10,12H2/t16-,20+/m0/s1. The molecule has 0 radical (unpaired) electrons. The molecule has 0 unspecified atom stereocenters. The van der Waals surface area contributed by atoms with Crippen molar-refractivity contribution in [3.63, 3.8) is 0 Å². The summed E-state index contributed by atoms with van der Waals surface area (Å²) < 4.78 is 13.8. The summed E-state index contributed by atoms with van der Waals surface area (Å²) in [5, 5.41) is 1.08. The zero-order valence-corrected chi connectivity index (χ0v) is 14.2. The summed E-state index contributed by atoms with van der Waals surface area (Å²) in [7, 11) is 0. The quantitative estimate of drug-likeness (QED) is 0.766. The molecule has 4 heteroatoms. The van der Waals surface area contributed by atoms with E-state index in [0.717, 1.165) is 36.7 Å². The summed E-state index contributed by atoms with van der Waals surface area (Å²) in [6, 6.07) is 10.4. The molecule has 0 aliphatic carbocycles. The van der Waals surface area contributed by atoms with Crippen LogP contribution in [0.5, 0.6) is 0 Å². The van der Waals surface area contributed by atoms with Crippen LogP contribution in [-0.2, 0) is 12.8 Å². The number of halogens is 1. The van der Waals surface area contributed by atoms with Crippen LogP contribution in [0.4, 0.5) is 4.39 Å². The fourth-order valence-electron chi connectivity index (χ4n) is 4.83. The van der Waals surface area contributed by atoms with Crippen LogP contribution in [0.25, 0.3) is 10.9 Å². The topological polar surface area (TPSA) is 31.9 Å². The molecular weight excluding hydrogens is 313 g/mol. The second-order valence-electron chi connectivity index (χ2n) is 7.36. The molecule has 128 valence electrons. The SMILES string of the molecule is Fc1ccc2[nH]c3c(c2c1)[C@H]1CC[C@@H](C3)N1CCCc1cccnc1. The maximum atomic E-state index is 13.8. The van der Waals surface area contributed by atoms with Gasteiger partial charge in [-0.2, -0.15) is 0 Å². The average Bonchev–Trinajstić information content (AvgIpc) is 3.12. The zero-order valence-electron chi connectivity index (χ0n) is 14.2. The van der Waals surface area contributed by atoms with Crippen molar-refractivity contribution in [3.05, 3.63) is 65.4 Å². The van der Waals surface area contributed by atoms with E-state index < -0.39 is 0 Å². The normalized spacial score (nSPS) is 22.4. The Morgan fingerprint density at radius 3 is 3.08 bits per heavy atom. The predicted molar refractivity (Wildman–Crippen MR) is 97.0 cm³/mol. The fourth-order valence-corrected chi connectivity index (χ4v) is 4.83. The number of benzene rings is 1. The Bertz CT molecular complexity index is 902. The van der Waals surface area contributed by atoms with Crippen LogP contribution < -0.4 is 0 Å². The molecule has 25 heavy (non-hydrogen) atoms. The van der Waals surface area contributed by atoms with E-state index in [-0.39, 0.29) is 5.82 Å². The van der Waals surface area contributed by atoms with Crippen LogP contribution in [0.2, 0.25) is 0 Å². The first-order valence-electron chi connectivity index (χ1n) is 9.24. The first-order valence-corrected chi connectivity index (χ1v) is 9.24. The highest BCUT2D eigenvalue weighted by Gasteiger charge is 2.41. The smallest absolute Gasteiger partial charge is 0.123 e. The van der Waals surface area contributed by atoms with Crippen molar-refractivity contribution in [1.29, 1.82) is 0 Å². The van der Waals surface area contributed by atoms with Crippen LogP contribution >= 0.6 is 0 Å². The van der Waals surface area contributed by atoms with E-state index in [4.69, 9.17) is 0 Å². The highest BCUT2D eigenvalue weighted by atomic mass is 19.1. The predicted octanol–water partition coefficient (Wildman–Crippen LogP) is 4.40. The van der Waals surface area contributed by atoms with Gasteiger partial charge >= 0.3 is 0 Å². The van der Waals surface area contributed by atoms with Gasteiger partial charge in [-0.1, -0.05) is 6.07 Å². The largest absolute Gasteiger partial charge is 0.358 e. The lowest BCUT2D eigenvalue weighted by Gasteiger charge is -2.35. The summed E-state index contributed by atoms with van der Waals surface area (Å²) in [5.74, 6) is -0.141. The van der Waals surface area contributed by atoms with Gasteiger partial charge < -0.3 is 4.98 Å². The number of aryl methyl sites for hydroxylation is 1. The van der Waals surface area contributed by atoms with E-state index in [0.29, 0.717) is 12.1 Å². The van der Waals surface area contributed by atoms with Gasteiger partial charge in [-0.15, -0.1) is 0 Å². The van der Waals surface area contributed by atoms with Gasteiger partial charge in [0.05, 0.1) is 0 Å². The van der Waals surface area contributed by atoms with Crippen molar-refractivity contribution in [2.45, 2.75) is 44.2 Å². The third-order valence-corrected chi connectivity index (χ3v) is 5.90. The van der Waals surface area contributed by atoms with Gasteiger partial charge in [0.15, 0.2) is 0 Å². The van der Waals surface area contributed by atoms with Gasteiger partial charge in [-0.05, 0) is 67.6 Å². The lowest BCUT2D eigenvalue weighted by atomic mass is 9.96. The molecule has 2 aliphatic rings. The number of nitrogens with zero attached hydrogens (tertiary/aromatic N) is 2. The van der Waals surface area contributed by atoms with Crippen LogP contribution in [0.1, 0.15) is 42.1 Å². The second kappa shape index (κ2) is 5.95. The summed E-state index contributed by atoms with van der Waals surface area (Å²) in [5.41, 5.74) is 5.07. The van der Waals surface area contributed by atoms with Gasteiger partial charge in [0.1, 0.15) is 5.82 Å². The van der Waals surface area contributed by atoms with Crippen LogP contribution in [0.15, 0.2) is 42.7 Å². The Balaban J connectivity index is 1.39. The van der Waals surface area contributed by atoms with E-state index in [9.17, 15) is 4.39 Å². The molecule has 1 N–H and O–H groups in total. The summed E-state index contributed by atoms with van der Waals surface area (Å²) in [6.07, 6.45) is 9.50. The minimum absolute atomic E-state index is 0.141. The number of fused-ring (bicyclic) bond motifs is 6. The molecule has 4 heterocycles. The number of hydrogen-bond donors (Lipinski definition) is 1. The lowest BCUT2D eigenvalue weighted by molar-refractivity contribution is 0.176. The van der Waals surface area contributed by atoms with Gasteiger partial charge in [-0.3, -0.25) is 9.88 Å². The third kappa shape index (κ3) is 2.56. The Hall–Kier alpha value is -2.20. The van der Waals surface area contributed by atoms with Crippen molar-refractivity contribution in [3.8, 4) is 0 Å². The third-order valence-electron chi connectivity index (χ3n) is 5.90. The van der Waals surface area contributed by atoms with E-state index in [1.54, 1.807) is 12.1 Å². The van der Waals surface area contributed by atoms with Crippen molar-refractivity contribution >= 4 is 10.9 Å². The molecule has 3 nitrogen and oxygen atoms in total. The number of H-pyrrole nitrogens is 1. The molecule has 0 amide bonds.